The number of ether oxygens (including phenoxy) is 1. The van der Waals surface area contributed by atoms with Crippen LogP contribution in [0.3, 0.4) is 0 Å². The van der Waals surface area contributed by atoms with Gasteiger partial charge in [0.25, 0.3) is 0 Å². The molecular formula is C26H31N5O4S. The normalized spacial score (nSPS) is 22.8. The second-order valence-corrected chi connectivity index (χ2v) is 10.9. The van der Waals surface area contributed by atoms with E-state index in [1.54, 1.807) is 22.9 Å². The van der Waals surface area contributed by atoms with Crippen LogP contribution in [0.1, 0.15) is 50.8 Å². The maximum atomic E-state index is 13.4. The molecule has 5 rings (SSSR count). The van der Waals surface area contributed by atoms with Crippen LogP contribution in [-0.4, -0.2) is 58.2 Å². The van der Waals surface area contributed by atoms with Gasteiger partial charge in [0.15, 0.2) is 0 Å². The molecule has 0 aliphatic carbocycles. The number of nitrogens with one attached hydrogen (secondary N) is 2. The molecule has 190 valence electrons. The van der Waals surface area contributed by atoms with Crippen molar-refractivity contribution < 1.29 is 19.1 Å². The van der Waals surface area contributed by atoms with E-state index in [0.29, 0.717) is 6.54 Å². The van der Waals surface area contributed by atoms with Gasteiger partial charge in [0.1, 0.15) is 16.0 Å². The molecule has 2 unspecified atom stereocenters. The maximum absolute atomic E-state index is 13.4. The van der Waals surface area contributed by atoms with E-state index < -0.39 is 11.3 Å². The summed E-state index contributed by atoms with van der Waals surface area (Å²) < 4.78 is 5.80. The van der Waals surface area contributed by atoms with E-state index in [1.807, 2.05) is 45.0 Å². The third kappa shape index (κ3) is 4.50. The number of likely N-dealkylation sites (tertiary alicyclic amines) is 1. The van der Waals surface area contributed by atoms with Crippen LogP contribution >= 0.6 is 11.8 Å². The lowest BCUT2D eigenvalue weighted by atomic mass is 9.98. The Morgan fingerprint density at radius 3 is 2.78 bits per heavy atom. The predicted molar refractivity (Wildman–Crippen MR) is 138 cm³/mol. The number of hydrogen-bond acceptors (Lipinski definition) is 6. The first kappa shape index (κ1) is 24.4. The van der Waals surface area contributed by atoms with Crippen LogP contribution in [0.2, 0.25) is 0 Å². The molecule has 3 aliphatic heterocycles. The Hall–Kier alpha value is -3.27. The first-order valence-corrected chi connectivity index (χ1v) is 13.2. The zero-order valence-corrected chi connectivity index (χ0v) is 21.7. The van der Waals surface area contributed by atoms with Crippen LogP contribution in [0.4, 0.5) is 16.2 Å². The molecule has 0 saturated carbocycles. The van der Waals surface area contributed by atoms with Gasteiger partial charge in [-0.1, -0.05) is 11.8 Å². The Morgan fingerprint density at radius 1 is 1.25 bits per heavy atom. The highest BCUT2D eigenvalue weighted by molar-refractivity contribution is 8.01. The topological polar surface area (TPSA) is 104 Å². The number of thioether (sulfide) groups is 1. The average molecular weight is 510 g/mol. The van der Waals surface area contributed by atoms with Gasteiger partial charge in [-0.2, -0.15) is 0 Å². The van der Waals surface area contributed by atoms with Crippen LogP contribution in [-0.2, 0) is 9.59 Å². The number of hydrogen-bond donors (Lipinski definition) is 2. The predicted octanol–water partition coefficient (Wildman–Crippen LogP) is 3.68. The van der Waals surface area contributed by atoms with E-state index in [4.69, 9.17) is 4.74 Å². The van der Waals surface area contributed by atoms with E-state index in [0.717, 1.165) is 52.7 Å². The second-order valence-electron chi connectivity index (χ2n) is 9.78. The van der Waals surface area contributed by atoms with Crippen molar-refractivity contribution in [3.63, 3.8) is 0 Å². The van der Waals surface area contributed by atoms with Crippen LogP contribution in [0.25, 0.3) is 0 Å². The summed E-state index contributed by atoms with van der Waals surface area (Å²) in [5.41, 5.74) is 3.25. The fourth-order valence-corrected chi connectivity index (χ4v) is 6.39. The van der Waals surface area contributed by atoms with Gasteiger partial charge in [0.2, 0.25) is 11.8 Å². The highest BCUT2D eigenvalue weighted by atomic mass is 32.2. The molecule has 4 amide bonds. The first-order valence-electron chi connectivity index (χ1n) is 12.3. The molecule has 1 fully saturated rings. The molecule has 3 aliphatic rings. The van der Waals surface area contributed by atoms with Crippen LogP contribution in [0, 0.1) is 6.92 Å². The van der Waals surface area contributed by atoms with E-state index >= 15 is 0 Å². The molecule has 3 atom stereocenters. The lowest BCUT2D eigenvalue weighted by molar-refractivity contribution is -0.131. The van der Waals surface area contributed by atoms with Crippen LogP contribution < -0.4 is 20.3 Å². The van der Waals surface area contributed by atoms with Gasteiger partial charge < -0.3 is 20.3 Å². The molecule has 9 nitrogen and oxygen atoms in total. The fourth-order valence-electron chi connectivity index (χ4n) is 5.15. The minimum atomic E-state index is -0.532. The maximum Gasteiger partial charge on any atom is 0.327 e. The van der Waals surface area contributed by atoms with Gasteiger partial charge >= 0.3 is 6.03 Å². The number of amides is 4. The van der Waals surface area contributed by atoms with Crippen molar-refractivity contribution in [1.82, 2.24) is 20.5 Å². The molecule has 4 heterocycles. The average Bonchev–Trinajstić information content (AvgIpc) is 3.19. The van der Waals surface area contributed by atoms with Crippen LogP contribution in [0.5, 0.6) is 5.75 Å². The number of aromatic nitrogens is 1. The summed E-state index contributed by atoms with van der Waals surface area (Å²) in [6, 6.07) is 6.64. The molecule has 0 radical (unpaired) electrons. The summed E-state index contributed by atoms with van der Waals surface area (Å²) in [4.78, 5) is 46.5. The summed E-state index contributed by atoms with van der Waals surface area (Å²) >= 11 is 1.37. The number of nitrogens with zero attached hydrogens (tertiary/aromatic N) is 3. The Bertz CT molecular complexity index is 1220. The van der Waals surface area contributed by atoms with E-state index in [1.165, 1.54) is 11.8 Å². The van der Waals surface area contributed by atoms with Crippen molar-refractivity contribution in [3.8, 4) is 5.75 Å². The molecule has 1 saturated heterocycles. The van der Waals surface area contributed by atoms with Gasteiger partial charge in [-0.15, -0.1) is 0 Å². The number of pyridine rings is 1. The Morgan fingerprint density at radius 2 is 2.06 bits per heavy atom. The zero-order chi connectivity index (χ0) is 25.6. The van der Waals surface area contributed by atoms with Crippen molar-refractivity contribution in [2.24, 2.45) is 0 Å². The number of urea groups is 1. The smallest absolute Gasteiger partial charge is 0.327 e. The first-order chi connectivity index (χ1) is 17.2. The molecule has 36 heavy (non-hydrogen) atoms. The van der Waals surface area contributed by atoms with Gasteiger partial charge in [-0.3, -0.25) is 14.5 Å². The molecule has 1 aromatic carbocycles. The third-order valence-electron chi connectivity index (χ3n) is 6.76. The zero-order valence-electron chi connectivity index (χ0n) is 20.9. The van der Waals surface area contributed by atoms with Crippen molar-refractivity contribution in [1.29, 1.82) is 0 Å². The minimum Gasteiger partial charge on any atom is -0.491 e. The number of carbonyl (C=O) groups is 3. The molecule has 10 heteroatoms. The minimum absolute atomic E-state index is 0.0177. The largest absolute Gasteiger partial charge is 0.491 e. The lowest BCUT2D eigenvalue weighted by Gasteiger charge is -2.36. The molecule has 0 spiro atoms. The summed E-state index contributed by atoms with van der Waals surface area (Å²) in [7, 11) is 0. The van der Waals surface area contributed by atoms with Gasteiger partial charge in [-0.25, -0.2) is 9.78 Å². The number of aryl methyl sites for hydroxylation is 1. The van der Waals surface area contributed by atoms with Crippen molar-refractivity contribution in [2.45, 2.75) is 69.0 Å². The summed E-state index contributed by atoms with van der Waals surface area (Å²) in [6.07, 6.45) is 3.41. The highest BCUT2D eigenvalue weighted by Gasteiger charge is 2.47. The van der Waals surface area contributed by atoms with Gasteiger partial charge in [0.05, 0.1) is 23.5 Å². The van der Waals surface area contributed by atoms with E-state index in [-0.39, 0.29) is 30.0 Å². The molecule has 0 bridgehead atoms. The quantitative estimate of drug-likeness (QED) is 0.637. The van der Waals surface area contributed by atoms with Crippen molar-refractivity contribution in [3.05, 3.63) is 41.6 Å². The summed E-state index contributed by atoms with van der Waals surface area (Å²) in [5.74, 6) is 0.619. The standard InChI is InChI=1S/C26H31N5O4S/c1-14(2)35-18-7-8-19(15(3)12-18)31-20-9-10-27-25-21(20)22(29-26(31)34)23(36-25)24(33)28-17-6-5-11-30(13-17)16(4)32/h7-10,12,14,17,22-23H,5-6,11,13H2,1-4H3,(H,28,33)(H,29,34)/t17?,22?,23-/m1/s1. The van der Waals surface area contributed by atoms with Crippen LogP contribution in [0.15, 0.2) is 35.5 Å². The number of anilines is 2. The summed E-state index contributed by atoms with van der Waals surface area (Å²) in [5, 5.41) is 6.39. The third-order valence-corrected chi connectivity index (χ3v) is 8.05. The SMILES string of the molecule is CC(=O)N1CCCC(NC(=O)[C@@H]2Sc3nccc4c3C2NC(=O)N4c2ccc(OC(C)C)cc2C)C1. The van der Waals surface area contributed by atoms with Gasteiger partial charge in [-0.05, 0) is 63.4 Å². The second kappa shape index (κ2) is 9.65. The highest BCUT2D eigenvalue weighted by Crippen LogP contribution is 2.51. The molecular weight excluding hydrogens is 478 g/mol. The Kier molecular flexibility index (Phi) is 6.55. The monoisotopic (exact) mass is 509 g/mol. The van der Waals surface area contributed by atoms with E-state index in [2.05, 4.69) is 15.6 Å². The van der Waals surface area contributed by atoms with Crippen molar-refractivity contribution >= 4 is 41.0 Å². The Labute approximate surface area is 215 Å². The Balaban J connectivity index is 1.39. The lowest BCUT2D eigenvalue weighted by Crippen LogP contribution is -2.53. The summed E-state index contributed by atoms with van der Waals surface area (Å²) in [6.45, 7) is 8.67. The molecule has 2 aromatic rings. The van der Waals surface area contributed by atoms with Gasteiger partial charge in [0, 0.05) is 37.8 Å². The fraction of sp³-hybridized carbons (Fsp3) is 0.462. The number of rotatable bonds is 5. The molecule has 1 aromatic heterocycles. The molecule has 2 N–H and O–H groups in total. The number of piperidine rings is 1. The number of carbonyl (C=O) groups excluding carboxylic acids is 3. The van der Waals surface area contributed by atoms with E-state index in [9.17, 15) is 14.4 Å². The van der Waals surface area contributed by atoms with Crippen molar-refractivity contribution in [2.75, 3.05) is 18.0 Å². The number of benzene rings is 1.